The van der Waals surface area contributed by atoms with E-state index in [1.165, 1.54) is 4.90 Å². The molecule has 3 nitrogen and oxygen atoms in total. The Labute approximate surface area is 95.6 Å². The maximum absolute atomic E-state index is 11.6. The van der Waals surface area contributed by atoms with Crippen molar-refractivity contribution in [3.63, 3.8) is 0 Å². The lowest BCUT2D eigenvalue weighted by molar-refractivity contribution is -0.124. The van der Waals surface area contributed by atoms with E-state index >= 15 is 0 Å². The van der Waals surface area contributed by atoms with E-state index in [9.17, 15) is 4.79 Å². The summed E-state index contributed by atoms with van der Waals surface area (Å²) in [5.74, 6) is -0.275. The predicted octanol–water partition coefficient (Wildman–Crippen LogP) is 1.99. The topological polar surface area (TPSA) is 44.1 Å². The molecule has 82 valence electrons. The van der Waals surface area contributed by atoms with Gasteiger partial charge in [0, 0.05) is 14.1 Å². The van der Waals surface area contributed by atoms with Gasteiger partial charge in [-0.25, -0.2) is 0 Å². The summed E-state index contributed by atoms with van der Waals surface area (Å²) in [6.07, 6.45) is 1.60. The largest absolute Gasteiger partial charge is 0.344 e. The molecule has 0 aliphatic carbocycles. The van der Waals surface area contributed by atoms with Crippen molar-refractivity contribution in [2.75, 3.05) is 14.1 Å². The predicted molar refractivity (Wildman–Crippen MR) is 63.5 cm³/mol. The molecule has 1 aromatic carbocycles. The molecule has 0 heterocycles. The van der Waals surface area contributed by atoms with Crippen LogP contribution in [0.15, 0.2) is 29.8 Å². The van der Waals surface area contributed by atoms with Crippen molar-refractivity contribution in [3.8, 4) is 6.07 Å². The zero-order chi connectivity index (χ0) is 12.1. The molecular weight excluding hydrogens is 200 g/mol. The first-order valence-electron chi connectivity index (χ1n) is 4.94. The second-order valence-electron chi connectivity index (χ2n) is 3.78. The third-order valence-corrected chi connectivity index (χ3v) is 2.15. The van der Waals surface area contributed by atoms with Crippen LogP contribution in [-0.4, -0.2) is 24.9 Å². The average molecular weight is 214 g/mol. The minimum absolute atomic E-state index is 0.147. The average Bonchev–Trinajstić information content (AvgIpc) is 2.27. The normalized spacial score (nSPS) is 10.8. The maximum atomic E-state index is 11.6. The van der Waals surface area contributed by atoms with Crippen LogP contribution in [0.1, 0.15) is 11.1 Å². The smallest absolute Gasteiger partial charge is 0.264 e. The van der Waals surface area contributed by atoms with Crippen LogP contribution in [-0.2, 0) is 4.79 Å². The van der Waals surface area contributed by atoms with Gasteiger partial charge in [0.1, 0.15) is 11.6 Å². The van der Waals surface area contributed by atoms with Crippen molar-refractivity contribution < 1.29 is 4.79 Å². The molecule has 0 atom stereocenters. The van der Waals surface area contributed by atoms with Gasteiger partial charge in [-0.05, 0) is 18.6 Å². The number of nitriles is 1. The van der Waals surface area contributed by atoms with E-state index in [0.717, 1.165) is 11.1 Å². The number of nitrogens with zero attached hydrogens (tertiary/aromatic N) is 2. The second-order valence-corrected chi connectivity index (χ2v) is 3.78. The number of hydrogen-bond donors (Lipinski definition) is 0. The Balaban J connectivity index is 3.02. The Kier molecular flexibility index (Phi) is 3.84. The minimum Gasteiger partial charge on any atom is -0.344 e. The number of benzene rings is 1. The molecule has 1 rings (SSSR count). The third kappa shape index (κ3) is 2.96. The van der Waals surface area contributed by atoms with E-state index in [0.29, 0.717) is 0 Å². The lowest BCUT2D eigenvalue weighted by atomic mass is 10.1. The summed E-state index contributed by atoms with van der Waals surface area (Å²) in [5, 5.41) is 8.90. The van der Waals surface area contributed by atoms with E-state index in [-0.39, 0.29) is 11.5 Å². The minimum atomic E-state index is -0.275. The van der Waals surface area contributed by atoms with Crippen LogP contribution in [0.4, 0.5) is 0 Å². The number of hydrogen-bond acceptors (Lipinski definition) is 2. The highest BCUT2D eigenvalue weighted by atomic mass is 16.2. The van der Waals surface area contributed by atoms with Crippen LogP contribution in [0, 0.1) is 18.3 Å². The zero-order valence-electron chi connectivity index (χ0n) is 9.69. The number of likely N-dealkylation sites (N-methyl/N-ethyl adjacent to an activating group) is 1. The van der Waals surface area contributed by atoms with Crippen LogP contribution in [0.2, 0.25) is 0 Å². The fourth-order valence-electron chi connectivity index (χ4n) is 1.21. The van der Waals surface area contributed by atoms with Crippen LogP contribution in [0.25, 0.3) is 6.08 Å². The Morgan fingerprint density at radius 2 is 1.88 bits per heavy atom. The standard InChI is InChI=1S/C13H14N2O/c1-10-4-6-11(7-5-10)8-12(9-14)13(16)15(2)3/h4-8H,1-3H3/b12-8-. The van der Waals surface area contributed by atoms with E-state index in [4.69, 9.17) is 5.26 Å². The Bertz CT molecular complexity index is 450. The highest BCUT2D eigenvalue weighted by Crippen LogP contribution is 2.09. The lowest BCUT2D eigenvalue weighted by Gasteiger charge is -2.08. The van der Waals surface area contributed by atoms with Crippen molar-refractivity contribution in [2.45, 2.75) is 6.92 Å². The van der Waals surface area contributed by atoms with Crippen molar-refractivity contribution in [3.05, 3.63) is 41.0 Å². The van der Waals surface area contributed by atoms with Gasteiger partial charge in [0.2, 0.25) is 0 Å². The summed E-state index contributed by atoms with van der Waals surface area (Å²) in [6.45, 7) is 1.99. The fourth-order valence-corrected chi connectivity index (χ4v) is 1.21. The van der Waals surface area contributed by atoms with Crippen LogP contribution in [0.3, 0.4) is 0 Å². The monoisotopic (exact) mass is 214 g/mol. The summed E-state index contributed by atoms with van der Waals surface area (Å²) < 4.78 is 0. The molecular formula is C13H14N2O. The molecule has 0 aromatic heterocycles. The molecule has 0 N–H and O–H groups in total. The number of amides is 1. The molecule has 3 heteroatoms. The lowest BCUT2D eigenvalue weighted by Crippen LogP contribution is -2.22. The van der Waals surface area contributed by atoms with Crippen molar-refractivity contribution in [1.82, 2.24) is 4.90 Å². The molecule has 1 aromatic rings. The SMILES string of the molecule is Cc1ccc(/C=C(/C#N)C(=O)N(C)C)cc1. The Morgan fingerprint density at radius 3 is 2.31 bits per heavy atom. The molecule has 0 saturated carbocycles. The summed E-state index contributed by atoms with van der Waals surface area (Å²) in [4.78, 5) is 13.0. The van der Waals surface area contributed by atoms with Crippen LogP contribution in [0.5, 0.6) is 0 Å². The summed E-state index contributed by atoms with van der Waals surface area (Å²) in [7, 11) is 3.26. The van der Waals surface area contributed by atoms with Crippen molar-refractivity contribution in [2.24, 2.45) is 0 Å². The fraction of sp³-hybridized carbons (Fsp3) is 0.231. The number of carbonyl (C=O) groups excluding carboxylic acids is 1. The van der Waals surface area contributed by atoms with Crippen LogP contribution >= 0.6 is 0 Å². The van der Waals surface area contributed by atoms with E-state index in [2.05, 4.69) is 0 Å². The van der Waals surface area contributed by atoms with Gasteiger partial charge in [-0.15, -0.1) is 0 Å². The summed E-state index contributed by atoms with van der Waals surface area (Å²) in [6, 6.07) is 9.58. The quantitative estimate of drug-likeness (QED) is 0.558. The third-order valence-electron chi connectivity index (χ3n) is 2.15. The highest BCUT2D eigenvalue weighted by molar-refractivity contribution is 6.01. The number of rotatable bonds is 2. The molecule has 16 heavy (non-hydrogen) atoms. The van der Waals surface area contributed by atoms with Crippen molar-refractivity contribution in [1.29, 1.82) is 5.26 Å². The first-order chi connectivity index (χ1) is 7.54. The summed E-state index contributed by atoms with van der Waals surface area (Å²) >= 11 is 0. The summed E-state index contributed by atoms with van der Waals surface area (Å²) in [5.41, 5.74) is 2.15. The van der Waals surface area contributed by atoms with Gasteiger partial charge < -0.3 is 4.90 Å². The van der Waals surface area contributed by atoms with E-state index < -0.39 is 0 Å². The second kappa shape index (κ2) is 5.13. The first-order valence-corrected chi connectivity index (χ1v) is 4.94. The molecule has 0 spiro atoms. The van der Waals surface area contributed by atoms with Gasteiger partial charge in [0.15, 0.2) is 0 Å². The van der Waals surface area contributed by atoms with E-state index in [1.807, 2.05) is 37.3 Å². The molecule has 0 aliphatic heterocycles. The van der Waals surface area contributed by atoms with Crippen molar-refractivity contribution >= 4 is 12.0 Å². The number of aryl methyl sites for hydroxylation is 1. The van der Waals surface area contributed by atoms with E-state index in [1.54, 1.807) is 20.2 Å². The van der Waals surface area contributed by atoms with Gasteiger partial charge in [-0.2, -0.15) is 5.26 Å². The highest BCUT2D eigenvalue weighted by Gasteiger charge is 2.10. The van der Waals surface area contributed by atoms with Gasteiger partial charge in [-0.1, -0.05) is 29.8 Å². The van der Waals surface area contributed by atoms with Crippen LogP contribution < -0.4 is 0 Å². The Morgan fingerprint density at radius 1 is 1.31 bits per heavy atom. The van der Waals surface area contributed by atoms with Gasteiger partial charge in [0.05, 0.1) is 0 Å². The first kappa shape index (κ1) is 12.0. The molecule has 1 amide bonds. The molecule has 0 fully saturated rings. The molecule has 0 bridgehead atoms. The maximum Gasteiger partial charge on any atom is 0.264 e. The zero-order valence-corrected chi connectivity index (χ0v) is 9.69. The Hall–Kier alpha value is -2.08. The molecule has 0 aliphatic rings. The van der Waals surface area contributed by atoms with Gasteiger partial charge in [-0.3, -0.25) is 4.79 Å². The number of carbonyl (C=O) groups is 1. The molecule has 0 radical (unpaired) electrons. The van der Waals surface area contributed by atoms with Gasteiger partial charge >= 0.3 is 0 Å². The molecule has 0 unspecified atom stereocenters. The molecule has 0 saturated heterocycles. The van der Waals surface area contributed by atoms with Gasteiger partial charge in [0.25, 0.3) is 5.91 Å².